The molecule has 0 unspecified atom stereocenters. The Balaban J connectivity index is 1.87. The summed E-state index contributed by atoms with van der Waals surface area (Å²) in [5, 5.41) is 3.05. The first-order chi connectivity index (χ1) is 9.17. The molecule has 1 N–H and O–H groups in total. The van der Waals surface area contributed by atoms with E-state index < -0.39 is 0 Å². The third-order valence-corrected chi connectivity index (χ3v) is 3.51. The lowest BCUT2D eigenvalue weighted by atomic mass is 10.0. The van der Waals surface area contributed by atoms with Crippen molar-refractivity contribution in [1.82, 2.24) is 10.2 Å². The van der Waals surface area contributed by atoms with Crippen molar-refractivity contribution < 1.29 is 9.18 Å². The summed E-state index contributed by atoms with van der Waals surface area (Å²) in [4.78, 5) is 13.7. The summed E-state index contributed by atoms with van der Waals surface area (Å²) >= 11 is 0. The van der Waals surface area contributed by atoms with Crippen molar-refractivity contribution in [3.63, 3.8) is 0 Å². The zero-order valence-electron chi connectivity index (χ0n) is 11.4. The summed E-state index contributed by atoms with van der Waals surface area (Å²) in [7, 11) is 0. The van der Waals surface area contributed by atoms with Gasteiger partial charge in [0.1, 0.15) is 5.82 Å². The van der Waals surface area contributed by atoms with Crippen LogP contribution in [0.1, 0.15) is 31.7 Å². The van der Waals surface area contributed by atoms with Crippen LogP contribution >= 0.6 is 0 Å². The molecule has 0 spiro atoms. The number of amides is 1. The molecule has 1 atom stereocenters. The van der Waals surface area contributed by atoms with Gasteiger partial charge < -0.3 is 5.32 Å². The Morgan fingerprint density at radius 1 is 1.42 bits per heavy atom. The number of rotatable bonds is 4. The molecule has 1 amide bonds. The number of carbonyl (C=O) groups excluding carboxylic acids is 1. The maximum Gasteiger partial charge on any atom is 0.219 e. The largest absolute Gasteiger partial charge is 0.352 e. The summed E-state index contributed by atoms with van der Waals surface area (Å²) in [5.74, 6) is -0.0795. The van der Waals surface area contributed by atoms with Gasteiger partial charge in [-0.25, -0.2) is 4.39 Å². The maximum absolute atomic E-state index is 12.8. The second kappa shape index (κ2) is 6.66. The Morgan fingerprint density at radius 2 is 2.16 bits per heavy atom. The number of nitrogens with one attached hydrogen (secondary N) is 1. The van der Waals surface area contributed by atoms with Gasteiger partial charge in [0, 0.05) is 25.6 Å². The molecule has 0 saturated carbocycles. The van der Waals surface area contributed by atoms with Gasteiger partial charge in [-0.2, -0.15) is 0 Å². The average molecular weight is 264 g/mol. The van der Waals surface area contributed by atoms with E-state index in [1.165, 1.54) is 12.1 Å². The molecule has 1 saturated heterocycles. The van der Waals surface area contributed by atoms with E-state index in [1.54, 1.807) is 0 Å². The normalized spacial score (nSPS) is 20.2. The number of benzene rings is 1. The highest BCUT2D eigenvalue weighted by Crippen LogP contribution is 2.14. The van der Waals surface area contributed by atoms with Gasteiger partial charge in [-0.15, -0.1) is 0 Å². The lowest BCUT2D eigenvalue weighted by Gasteiger charge is -2.33. The average Bonchev–Trinajstić information content (AvgIpc) is 2.42. The van der Waals surface area contributed by atoms with Crippen LogP contribution in [0.4, 0.5) is 4.39 Å². The standard InChI is InChI=1S/C15H21FN2O/c1-2-15(19)17-14-4-3-9-18(11-14)10-12-5-7-13(16)8-6-12/h5-8,14H,2-4,9-11H2,1H3,(H,17,19)/t14-/m1/s1. The van der Waals surface area contributed by atoms with E-state index in [0.717, 1.165) is 38.0 Å². The number of hydrogen-bond acceptors (Lipinski definition) is 2. The molecule has 1 aliphatic rings. The van der Waals surface area contributed by atoms with Crippen LogP contribution in [0, 0.1) is 5.82 Å². The molecule has 104 valence electrons. The first kappa shape index (κ1) is 14.0. The number of carbonyl (C=O) groups is 1. The summed E-state index contributed by atoms with van der Waals surface area (Å²) < 4.78 is 12.8. The number of likely N-dealkylation sites (tertiary alicyclic amines) is 1. The fraction of sp³-hybridized carbons (Fsp3) is 0.533. The molecule has 2 rings (SSSR count). The van der Waals surface area contributed by atoms with Gasteiger partial charge in [-0.1, -0.05) is 19.1 Å². The molecule has 4 heteroatoms. The molecule has 1 fully saturated rings. The zero-order valence-corrected chi connectivity index (χ0v) is 11.4. The van der Waals surface area contributed by atoms with Gasteiger partial charge in [0.05, 0.1) is 0 Å². The molecule has 1 aromatic rings. The molecule has 1 heterocycles. The fourth-order valence-corrected chi connectivity index (χ4v) is 2.49. The van der Waals surface area contributed by atoms with Crippen molar-refractivity contribution in [3.05, 3.63) is 35.6 Å². The first-order valence-electron chi connectivity index (χ1n) is 6.93. The van der Waals surface area contributed by atoms with E-state index in [-0.39, 0.29) is 17.8 Å². The Morgan fingerprint density at radius 3 is 2.84 bits per heavy atom. The van der Waals surface area contributed by atoms with Crippen LogP contribution in [0.25, 0.3) is 0 Å². The van der Waals surface area contributed by atoms with Gasteiger partial charge >= 0.3 is 0 Å². The minimum absolute atomic E-state index is 0.119. The lowest BCUT2D eigenvalue weighted by Crippen LogP contribution is -2.47. The van der Waals surface area contributed by atoms with Gasteiger partial charge in [0.2, 0.25) is 5.91 Å². The van der Waals surface area contributed by atoms with E-state index in [4.69, 9.17) is 0 Å². The first-order valence-corrected chi connectivity index (χ1v) is 6.93. The summed E-state index contributed by atoms with van der Waals surface area (Å²) in [6.07, 6.45) is 2.68. The second-order valence-electron chi connectivity index (χ2n) is 5.12. The third-order valence-electron chi connectivity index (χ3n) is 3.51. The highest BCUT2D eigenvalue weighted by Gasteiger charge is 2.20. The van der Waals surface area contributed by atoms with Gasteiger partial charge in [0.15, 0.2) is 0 Å². The monoisotopic (exact) mass is 264 g/mol. The zero-order chi connectivity index (χ0) is 13.7. The van der Waals surface area contributed by atoms with Crippen LogP contribution in [-0.4, -0.2) is 29.9 Å². The van der Waals surface area contributed by atoms with Crippen LogP contribution < -0.4 is 5.32 Å². The lowest BCUT2D eigenvalue weighted by molar-refractivity contribution is -0.121. The molecule has 1 aromatic carbocycles. The van der Waals surface area contributed by atoms with Gasteiger partial charge in [-0.3, -0.25) is 9.69 Å². The van der Waals surface area contributed by atoms with Crippen LogP contribution in [0.15, 0.2) is 24.3 Å². The SMILES string of the molecule is CCC(=O)N[C@@H]1CCCN(Cc2ccc(F)cc2)C1. The minimum atomic E-state index is -0.199. The Hall–Kier alpha value is -1.42. The summed E-state index contributed by atoms with van der Waals surface area (Å²) in [5.41, 5.74) is 1.11. The molecule has 0 aromatic heterocycles. The highest BCUT2D eigenvalue weighted by molar-refractivity contribution is 5.75. The summed E-state index contributed by atoms with van der Waals surface area (Å²) in [6, 6.07) is 6.89. The summed E-state index contributed by atoms with van der Waals surface area (Å²) in [6.45, 7) is 4.60. The van der Waals surface area contributed by atoms with Crippen molar-refractivity contribution in [1.29, 1.82) is 0 Å². The van der Waals surface area contributed by atoms with Crippen molar-refractivity contribution in [2.75, 3.05) is 13.1 Å². The molecule has 0 bridgehead atoms. The van der Waals surface area contributed by atoms with Crippen molar-refractivity contribution in [3.8, 4) is 0 Å². The molecule has 3 nitrogen and oxygen atoms in total. The molecule has 0 aliphatic carbocycles. The third kappa shape index (κ3) is 4.31. The van der Waals surface area contributed by atoms with Crippen LogP contribution in [0.5, 0.6) is 0 Å². The predicted octanol–water partition coefficient (Wildman–Crippen LogP) is 2.32. The Kier molecular flexibility index (Phi) is 4.91. The number of hydrogen-bond donors (Lipinski definition) is 1. The van der Waals surface area contributed by atoms with E-state index in [9.17, 15) is 9.18 Å². The predicted molar refractivity (Wildman–Crippen MR) is 73.1 cm³/mol. The van der Waals surface area contributed by atoms with Gasteiger partial charge in [-0.05, 0) is 37.1 Å². The van der Waals surface area contributed by atoms with E-state index >= 15 is 0 Å². The van der Waals surface area contributed by atoms with Crippen LogP contribution in [-0.2, 0) is 11.3 Å². The van der Waals surface area contributed by atoms with E-state index in [2.05, 4.69) is 10.2 Å². The molecule has 1 aliphatic heterocycles. The number of piperidine rings is 1. The van der Waals surface area contributed by atoms with E-state index in [1.807, 2.05) is 19.1 Å². The smallest absolute Gasteiger partial charge is 0.219 e. The van der Waals surface area contributed by atoms with Crippen molar-refractivity contribution in [2.45, 2.75) is 38.8 Å². The highest BCUT2D eigenvalue weighted by atomic mass is 19.1. The quantitative estimate of drug-likeness (QED) is 0.905. The Bertz CT molecular complexity index is 419. The minimum Gasteiger partial charge on any atom is -0.352 e. The van der Waals surface area contributed by atoms with Gasteiger partial charge in [0.25, 0.3) is 0 Å². The van der Waals surface area contributed by atoms with Crippen LogP contribution in [0.3, 0.4) is 0 Å². The fourth-order valence-electron chi connectivity index (χ4n) is 2.49. The van der Waals surface area contributed by atoms with E-state index in [0.29, 0.717) is 6.42 Å². The number of nitrogens with zero attached hydrogens (tertiary/aromatic N) is 1. The molecular formula is C15H21FN2O. The number of halogens is 1. The van der Waals surface area contributed by atoms with Crippen molar-refractivity contribution in [2.24, 2.45) is 0 Å². The molecule has 0 radical (unpaired) electrons. The Labute approximate surface area is 113 Å². The maximum atomic E-state index is 12.8. The van der Waals surface area contributed by atoms with Crippen molar-refractivity contribution >= 4 is 5.91 Å². The molecular weight excluding hydrogens is 243 g/mol. The molecule has 19 heavy (non-hydrogen) atoms. The second-order valence-corrected chi connectivity index (χ2v) is 5.12. The van der Waals surface area contributed by atoms with Crippen LogP contribution in [0.2, 0.25) is 0 Å². The topological polar surface area (TPSA) is 32.3 Å².